The van der Waals surface area contributed by atoms with Crippen molar-refractivity contribution in [2.45, 2.75) is 53.4 Å². The third-order valence-electron chi connectivity index (χ3n) is 6.23. The van der Waals surface area contributed by atoms with Crippen LogP contribution in [-0.4, -0.2) is 6.29 Å². The van der Waals surface area contributed by atoms with Crippen LogP contribution < -0.4 is 0 Å². The van der Waals surface area contributed by atoms with Crippen molar-refractivity contribution in [3.63, 3.8) is 0 Å². The number of hydrogen-bond donors (Lipinski definition) is 0. The molecular formula is C30H34O. The summed E-state index contributed by atoms with van der Waals surface area (Å²) in [5, 5.41) is 2.54. The van der Waals surface area contributed by atoms with Gasteiger partial charge in [0, 0.05) is 0 Å². The fraction of sp³-hybridized carbons (Fsp3) is 0.300. The number of aldehydes is 1. The zero-order valence-electron chi connectivity index (χ0n) is 19.3. The Balaban J connectivity index is 1.92. The van der Waals surface area contributed by atoms with Crippen LogP contribution in [0.25, 0.3) is 10.8 Å². The predicted molar refractivity (Wildman–Crippen MR) is 134 cm³/mol. The maximum absolute atomic E-state index is 10.7. The first-order valence-corrected chi connectivity index (χ1v) is 11.2. The molecule has 0 heterocycles. The monoisotopic (exact) mass is 410 g/mol. The van der Waals surface area contributed by atoms with Crippen LogP contribution >= 0.6 is 0 Å². The Hall–Kier alpha value is -2.93. The van der Waals surface area contributed by atoms with E-state index in [2.05, 4.69) is 81.5 Å². The van der Waals surface area contributed by atoms with Gasteiger partial charge in [0.15, 0.2) is 0 Å². The van der Waals surface area contributed by atoms with Gasteiger partial charge in [-0.2, -0.15) is 0 Å². The second-order valence-corrected chi connectivity index (χ2v) is 9.27. The average Bonchev–Trinajstić information content (AvgIpc) is 2.73. The summed E-state index contributed by atoms with van der Waals surface area (Å²) in [5.41, 5.74) is 6.73. The molecule has 2 aromatic carbocycles. The fourth-order valence-electron chi connectivity index (χ4n) is 4.44. The second-order valence-electron chi connectivity index (χ2n) is 9.27. The Kier molecular flexibility index (Phi) is 7.63. The van der Waals surface area contributed by atoms with Crippen LogP contribution in [0.1, 0.15) is 52.5 Å². The first-order chi connectivity index (χ1) is 14.9. The first kappa shape index (κ1) is 22.7. The van der Waals surface area contributed by atoms with Crippen molar-refractivity contribution in [3.8, 4) is 0 Å². The highest BCUT2D eigenvalue weighted by Crippen LogP contribution is 2.40. The molecule has 2 aromatic rings. The molecule has 1 nitrogen and oxygen atoms in total. The lowest BCUT2D eigenvalue weighted by atomic mass is 9.72. The van der Waals surface area contributed by atoms with E-state index in [1.165, 1.54) is 52.3 Å². The van der Waals surface area contributed by atoms with Crippen molar-refractivity contribution in [2.75, 3.05) is 0 Å². The number of allylic oxidation sites excluding steroid dienone is 10. The third kappa shape index (κ3) is 6.28. The fourth-order valence-corrected chi connectivity index (χ4v) is 4.44. The normalized spacial score (nSPS) is 17.8. The topological polar surface area (TPSA) is 17.1 Å². The Morgan fingerprint density at radius 3 is 2.55 bits per heavy atom. The van der Waals surface area contributed by atoms with Gasteiger partial charge in [0.1, 0.15) is 6.29 Å². The summed E-state index contributed by atoms with van der Waals surface area (Å²) in [5.74, 6) is 0. The van der Waals surface area contributed by atoms with Gasteiger partial charge in [-0.05, 0) is 84.1 Å². The quantitative estimate of drug-likeness (QED) is 0.256. The maximum Gasteiger partial charge on any atom is 0.143 e. The van der Waals surface area contributed by atoms with E-state index in [1.54, 1.807) is 6.08 Å². The standard InChI is InChI=1S/C30H34O/c1-23(18-20-31)9-7-11-25(15-17-29-24(2)10-8-19-30(29,3)4)21-26-14-16-27-12-5-6-13-28(27)22-26/h5-7,9,11-18,20,22H,8,10,19,21H2,1-4H3/b9-7-,17-15+,23-18+,25-11-. The molecule has 3 rings (SSSR count). The van der Waals surface area contributed by atoms with Gasteiger partial charge in [-0.1, -0.05) is 92.3 Å². The van der Waals surface area contributed by atoms with Gasteiger partial charge in [-0.15, -0.1) is 0 Å². The van der Waals surface area contributed by atoms with Crippen molar-refractivity contribution in [2.24, 2.45) is 5.41 Å². The number of benzene rings is 2. The van der Waals surface area contributed by atoms with E-state index in [0.717, 1.165) is 18.3 Å². The van der Waals surface area contributed by atoms with Gasteiger partial charge in [0.25, 0.3) is 0 Å². The van der Waals surface area contributed by atoms with E-state index >= 15 is 0 Å². The molecule has 0 radical (unpaired) electrons. The summed E-state index contributed by atoms with van der Waals surface area (Å²) in [7, 11) is 0. The molecule has 0 fully saturated rings. The number of rotatable bonds is 7. The molecule has 0 N–H and O–H groups in total. The zero-order chi connectivity index (χ0) is 22.3. The van der Waals surface area contributed by atoms with Gasteiger partial charge in [0.05, 0.1) is 0 Å². The lowest BCUT2D eigenvalue weighted by molar-refractivity contribution is -0.104. The molecule has 0 amide bonds. The largest absolute Gasteiger partial charge is 0.299 e. The predicted octanol–water partition coefficient (Wildman–Crippen LogP) is 8.09. The SMILES string of the molecule is CC1=C(/C=C/C(=C/C=C\C(C)=C\C=O)Cc2ccc3ccccc3c2)C(C)(C)CCC1. The van der Waals surface area contributed by atoms with E-state index in [9.17, 15) is 4.79 Å². The summed E-state index contributed by atoms with van der Waals surface area (Å²) in [4.78, 5) is 10.7. The van der Waals surface area contributed by atoms with Crippen LogP contribution in [0.15, 0.2) is 101 Å². The van der Waals surface area contributed by atoms with Crippen LogP contribution in [-0.2, 0) is 11.2 Å². The molecular weight excluding hydrogens is 376 g/mol. The maximum atomic E-state index is 10.7. The molecule has 160 valence electrons. The smallest absolute Gasteiger partial charge is 0.143 e. The Morgan fingerprint density at radius 1 is 1.03 bits per heavy atom. The van der Waals surface area contributed by atoms with E-state index < -0.39 is 0 Å². The highest BCUT2D eigenvalue weighted by molar-refractivity contribution is 5.83. The summed E-state index contributed by atoms with van der Waals surface area (Å²) >= 11 is 0. The summed E-state index contributed by atoms with van der Waals surface area (Å²) < 4.78 is 0. The van der Waals surface area contributed by atoms with Gasteiger partial charge >= 0.3 is 0 Å². The molecule has 1 aliphatic rings. The molecule has 0 unspecified atom stereocenters. The van der Waals surface area contributed by atoms with Crippen molar-refractivity contribution in [3.05, 3.63) is 107 Å². The number of carbonyl (C=O) groups is 1. The van der Waals surface area contributed by atoms with Gasteiger partial charge in [-0.3, -0.25) is 4.79 Å². The minimum Gasteiger partial charge on any atom is -0.299 e. The van der Waals surface area contributed by atoms with Gasteiger partial charge in [0.2, 0.25) is 0 Å². The summed E-state index contributed by atoms with van der Waals surface area (Å²) in [6.07, 6.45) is 17.8. The van der Waals surface area contributed by atoms with E-state index in [4.69, 9.17) is 0 Å². The van der Waals surface area contributed by atoms with Crippen LogP contribution in [0.3, 0.4) is 0 Å². The molecule has 1 aliphatic carbocycles. The molecule has 0 bridgehead atoms. The van der Waals surface area contributed by atoms with Crippen molar-refractivity contribution < 1.29 is 4.79 Å². The van der Waals surface area contributed by atoms with Crippen LogP contribution in [0, 0.1) is 5.41 Å². The lowest BCUT2D eigenvalue weighted by Gasteiger charge is -2.33. The van der Waals surface area contributed by atoms with Crippen LogP contribution in [0.4, 0.5) is 0 Å². The summed E-state index contributed by atoms with van der Waals surface area (Å²) in [6.45, 7) is 8.93. The highest BCUT2D eigenvalue weighted by Gasteiger charge is 2.26. The minimum atomic E-state index is 0.228. The second kappa shape index (κ2) is 10.4. The zero-order valence-corrected chi connectivity index (χ0v) is 19.3. The molecule has 0 aliphatic heterocycles. The third-order valence-corrected chi connectivity index (χ3v) is 6.23. The molecule has 0 saturated heterocycles. The Morgan fingerprint density at radius 2 is 1.81 bits per heavy atom. The average molecular weight is 411 g/mol. The van der Waals surface area contributed by atoms with Crippen molar-refractivity contribution in [1.29, 1.82) is 0 Å². The van der Waals surface area contributed by atoms with Crippen LogP contribution in [0.5, 0.6) is 0 Å². The summed E-state index contributed by atoms with van der Waals surface area (Å²) in [6, 6.07) is 15.2. The Labute approximate surface area is 187 Å². The molecule has 31 heavy (non-hydrogen) atoms. The molecule has 1 heteroatoms. The van der Waals surface area contributed by atoms with Crippen LogP contribution in [0.2, 0.25) is 0 Å². The molecule has 0 atom stereocenters. The number of fused-ring (bicyclic) bond motifs is 1. The van der Waals surface area contributed by atoms with Gasteiger partial charge in [-0.25, -0.2) is 0 Å². The molecule has 0 aromatic heterocycles. The molecule has 0 spiro atoms. The molecule has 0 saturated carbocycles. The number of carbonyl (C=O) groups excluding carboxylic acids is 1. The minimum absolute atomic E-state index is 0.228. The van der Waals surface area contributed by atoms with E-state index in [0.29, 0.717) is 0 Å². The Bertz CT molecular complexity index is 1090. The van der Waals surface area contributed by atoms with Crippen molar-refractivity contribution >= 4 is 17.1 Å². The van der Waals surface area contributed by atoms with E-state index in [-0.39, 0.29) is 5.41 Å². The van der Waals surface area contributed by atoms with Gasteiger partial charge < -0.3 is 0 Å². The number of hydrogen-bond acceptors (Lipinski definition) is 1. The first-order valence-electron chi connectivity index (χ1n) is 11.2. The highest BCUT2D eigenvalue weighted by atomic mass is 16.1. The van der Waals surface area contributed by atoms with Crippen molar-refractivity contribution in [1.82, 2.24) is 0 Å². The lowest BCUT2D eigenvalue weighted by Crippen LogP contribution is -2.19. The van der Waals surface area contributed by atoms with E-state index in [1.807, 2.05) is 19.1 Å².